The first-order chi connectivity index (χ1) is 27.4. The molecule has 0 bridgehead atoms. The highest BCUT2D eigenvalue weighted by Crippen LogP contribution is 2.43. The van der Waals surface area contributed by atoms with Gasteiger partial charge in [-0.05, 0) is 64.2 Å². The highest BCUT2D eigenvalue weighted by Gasteiger charge is 2.26. The molecule has 0 heterocycles. The average Bonchev–Trinajstić information content (AvgIpc) is 3.19. The molecule has 0 aromatic carbocycles. The SMILES string of the molecule is CCCCCC/C=C\C/C=C\CCCCCCCC(=O)NC(COP(=O)(O)OCCN)C(O)/C=C/CC/C=C/CCCCCCCCCCCCCCCCC. The highest BCUT2D eigenvalue weighted by molar-refractivity contribution is 7.47. The van der Waals surface area contributed by atoms with Crippen LogP contribution < -0.4 is 11.1 Å². The Hall–Kier alpha value is -1.54. The molecule has 0 aliphatic rings. The van der Waals surface area contributed by atoms with E-state index in [0.717, 1.165) is 64.2 Å². The van der Waals surface area contributed by atoms with Gasteiger partial charge >= 0.3 is 7.82 Å². The second-order valence-electron chi connectivity index (χ2n) is 15.6. The summed E-state index contributed by atoms with van der Waals surface area (Å²) >= 11 is 0. The molecule has 0 spiro atoms. The number of hydrogen-bond acceptors (Lipinski definition) is 6. The normalized spacial score (nSPS) is 14.4. The lowest BCUT2D eigenvalue weighted by Gasteiger charge is -2.23. The van der Waals surface area contributed by atoms with Gasteiger partial charge in [0.15, 0.2) is 0 Å². The van der Waals surface area contributed by atoms with Gasteiger partial charge in [0.2, 0.25) is 5.91 Å². The highest BCUT2D eigenvalue weighted by atomic mass is 31.2. The number of rotatable bonds is 43. The van der Waals surface area contributed by atoms with E-state index in [9.17, 15) is 19.4 Å². The number of aliphatic hydroxyl groups excluding tert-OH is 1. The van der Waals surface area contributed by atoms with Crippen molar-refractivity contribution in [2.75, 3.05) is 19.8 Å². The third kappa shape index (κ3) is 40.6. The minimum Gasteiger partial charge on any atom is -0.387 e. The topological polar surface area (TPSA) is 131 Å². The van der Waals surface area contributed by atoms with Gasteiger partial charge in [-0.15, -0.1) is 0 Å². The van der Waals surface area contributed by atoms with E-state index in [1.807, 2.05) is 6.08 Å². The number of carbonyl (C=O) groups excluding carboxylic acids is 1. The molecule has 0 aliphatic heterocycles. The van der Waals surface area contributed by atoms with Gasteiger partial charge in [0.25, 0.3) is 0 Å². The van der Waals surface area contributed by atoms with Crippen molar-refractivity contribution in [3.05, 3.63) is 48.6 Å². The standard InChI is InChI=1S/C47H89N2O6P/c1-3-5-7-9-11-13-15-17-19-21-22-23-24-25-26-28-30-32-34-36-38-40-46(50)45(44-55-56(52,53)54-43-42-48)49-47(51)41-39-37-35-33-31-29-27-20-18-16-14-12-10-8-6-4-2/h14,16,20,27,30,32,38,40,45-46,50H,3-13,15,17-19,21-26,28-29,31,33-37,39,41-44,48H2,1-2H3,(H,49,51)(H,52,53)/b16-14-,27-20-,32-30+,40-38+. The molecule has 0 radical (unpaired) electrons. The van der Waals surface area contributed by atoms with E-state index in [4.69, 9.17) is 14.8 Å². The van der Waals surface area contributed by atoms with Crippen LogP contribution in [0.4, 0.5) is 0 Å². The van der Waals surface area contributed by atoms with Crippen LogP contribution in [0.1, 0.15) is 213 Å². The first kappa shape index (κ1) is 54.5. The Morgan fingerprint density at radius 2 is 1.00 bits per heavy atom. The molecule has 9 heteroatoms. The molecule has 0 saturated carbocycles. The van der Waals surface area contributed by atoms with Gasteiger partial charge in [-0.1, -0.05) is 191 Å². The van der Waals surface area contributed by atoms with Crippen molar-refractivity contribution < 1.29 is 28.4 Å². The molecule has 3 unspecified atom stereocenters. The summed E-state index contributed by atoms with van der Waals surface area (Å²) < 4.78 is 22.1. The third-order valence-corrected chi connectivity index (χ3v) is 11.1. The van der Waals surface area contributed by atoms with E-state index in [1.165, 1.54) is 128 Å². The van der Waals surface area contributed by atoms with E-state index in [1.54, 1.807) is 6.08 Å². The number of amides is 1. The Kier molecular flexibility index (Phi) is 41.9. The molecule has 0 rings (SSSR count). The van der Waals surface area contributed by atoms with Crippen LogP contribution in [0, 0.1) is 0 Å². The smallest absolute Gasteiger partial charge is 0.387 e. The van der Waals surface area contributed by atoms with E-state index in [2.05, 4.69) is 55.6 Å². The Labute approximate surface area is 345 Å². The summed E-state index contributed by atoms with van der Waals surface area (Å²) in [7, 11) is -4.35. The summed E-state index contributed by atoms with van der Waals surface area (Å²) in [5.74, 6) is -0.218. The number of carbonyl (C=O) groups is 1. The molecule has 0 aliphatic carbocycles. The molecule has 0 saturated heterocycles. The molecule has 328 valence electrons. The average molecular weight is 809 g/mol. The van der Waals surface area contributed by atoms with E-state index < -0.39 is 20.0 Å². The predicted molar refractivity (Wildman–Crippen MR) is 240 cm³/mol. The summed E-state index contributed by atoms with van der Waals surface area (Å²) in [4.78, 5) is 22.7. The quantitative estimate of drug-likeness (QED) is 0.0274. The molecule has 8 nitrogen and oxygen atoms in total. The fraction of sp³-hybridized carbons (Fsp3) is 0.809. The lowest BCUT2D eigenvalue weighted by atomic mass is 10.0. The minimum atomic E-state index is -4.35. The summed E-state index contributed by atoms with van der Waals surface area (Å²) in [6.07, 6.45) is 53.1. The molecule has 0 aromatic rings. The number of allylic oxidation sites excluding steroid dienone is 7. The van der Waals surface area contributed by atoms with Gasteiger partial charge in [-0.3, -0.25) is 13.8 Å². The van der Waals surface area contributed by atoms with Crippen molar-refractivity contribution in [3.63, 3.8) is 0 Å². The Morgan fingerprint density at radius 1 is 0.589 bits per heavy atom. The largest absolute Gasteiger partial charge is 0.472 e. The molecular formula is C47H89N2O6P. The van der Waals surface area contributed by atoms with Crippen LogP contribution in [0.2, 0.25) is 0 Å². The van der Waals surface area contributed by atoms with Gasteiger partial charge in [0, 0.05) is 13.0 Å². The van der Waals surface area contributed by atoms with Gasteiger partial charge < -0.3 is 21.1 Å². The zero-order valence-electron chi connectivity index (χ0n) is 36.4. The van der Waals surface area contributed by atoms with Crippen LogP contribution in [-0.2, 0) is 18.4 Å². The predicted octanol–water partition coefficient (Wildman–Crippen LogP) is 13.3. The zero-order chi connectivity index (χ0) is 41.1. The molecule has 1 amide bonds. The second-order valence-corrected chi connectivity index (χ2v) is 17.1. The summed E-state index contributed by atoms with van der Waals surface area (Å²) in [6, 6.07) is -0.885. The van der Waals surface area contributed by atoms with Gasteiger partial charge in [-0.25, -0.2) is 4.57 Å². The Bertz CT molecular complexity index is 1020. The molecule has 56 heavy (non-hydrogen) atoms. The van der Waals surface area contributed by atoms with Crippen molar-refractivity contribution in [2.45, 2.75) is 225 Å². The van der Waals surface area contributed by atoms with Crippen molar-refractivity contribution >= 4 is 13.7 Å². The fourth-order valence-electron chi connectivity index (χ4n) is 6.59. The van der Waals surface area contributed by atoms with Crippen molar-refractivity contribution in [1.82, 2.24) is 5.32 Å². The third-order valence-electron chi connectivity index (χ3n) is 10.1. The number of hydrogen-bond donors (Lipinski definition) is 4. The molecular weight excluding hydrogens is 719 g/mol. The zero-order valence-corrected chi connectivity index (χ0v) is 37.3. The maximum absolute atomic E-state index is 12.8. The lowest BCUT2D eigenvalue weighted by molar-refractivity contribution is -0.123. The molecule has 3 atom stereocenters. The number of unbranched alkanes of at least 4 members (excludes halogenated alkanes) is 25. The fourth-order valence-corrected chi connectivity index (χ4v) is 7.35. The van der Waals surface area contributed by atoms with Crippen molar-refractivity contribution in [3.8, 4) is 0 Å². The second kappa shape index (κ2) is 43.0. The lowest BCUT2D eigenvalue weighted by Crippen LogP contribution is -2.45. The Morgan fingerprint density at radius 3 is 1.50 bits per heavy atom. The minimum absolute atomic E-state index is 0.0704. The molecule has 0 aromatic heterocycles. The monoisotopic (exact) mass is 809 g/mol. The molecule has 5 N–H and O–H groups in total. The Balaban J connectivity index is 4.24. The van der Waals surface area contributed by atoms with Crippen LogP contribution in [0.5, 0.6) is 0 Å². The number of phosphoric acid groups is 1. The van der Waals surface area contributed by atoms with E-state index in [-0.39, 0.29) is 25.7 Å². The van der Waals surface area contributed by atoms with Crippen LogP contribution in [0.25, 0.3) is 0 Å². The van der Waals surface area contributed by atoms with Gasteiger partial charge in [0.1, 0.15) is 0 Å². The van der Waals surface area contributed by atoms with Crippen LogP contribution in [0.3, 0.4) is 0 Å². The number of aliphatic hydroxyl groups is 1. The summed E-state index contributed by atoms with van der Waals surface area (Å²) in [5, 5.41) is 13.7. The van der Waals surface area contributed by atoms with Crippen LogP contribution in [0.15, 0.2) is 48.6 Å². The maximum atomic E-state index is 12.8. The maximum Gasteiger partial charge on any atom is 0.472 e. The first-order valence-electron chi connectivity index (χ1n) is 23.3. The van der Waals surface area contributed by atoms with Gasteiger partial charge in [-0.2, -0.15) is 0 Å². The summed E-state index contributed by atoms with van der Waals surface area (Å²) in [6.45, 7) is 4.09. The number of phosphoric ester groups is 1. The van der Waals surface area contributed by atoms with Gasteiger partial charge in [0.05, 0.1) is 25.4 Å². The first-order valence-corrected chi connectivity index (χ1v) is 24.8. The van der Waals surface area contributed by atoms with Crippen LogP contribution >= 0.6 is 7.82 Å². The number of nitrogens with one attached hydrogen (secondary N) is 1. The van der Waals surface area contributed by atoms with E-state index >= 15 is 0 Å². The van der Waals surface area contributed by atoms with Crippen molar-refractivity contribution in [1.29, 1.82) is 0 Å². The van der Waals surface area contributed by atoms with Crippen LogP contribution in [-0.4, -0.2) is 47.8 Å². The van der Waals surface area contributed by atoms with E-state index in [0.29, 0.717) is 6.42 Å². The van der Waals surface area contributed by atoms with Crippen molar-refractivity contribution in [2.24, 2.45) is 5.73 Å². The number of nitrogens with two attached hydrogens (primary N) is 1. The summed E-state index contributed by atoms with van der Waals surface area (Å²) in [5.41, 5.74) is 5.38. The molecule has 0 fully saturated rings.